The first-order chi connectivity index (χ1) is 6.22. The molecular weight excluding hydrogens is 275 g/mol. The Labute approximate surface area is 89.9 Å². The third-order valence-corrected chi connectivity index (χ3v) is 2.93. The molecule has 13 heavy (non-hydrogen) atoms. The minimum Gasteiger partial charge on any atom is -0.349 e. The smallest absolute Gasteiger partial charge is 0.0991 e. The molecule has 0 aliphatic rings. The van der Waals surface area contributed by atoms with Gasteiger partial charge in [-0.25, -0.2) is 0 Å². The minimum atomic E-state index is 0.719. The van der Waals surface area contributed by atoms with Crippen LogP contribution >= 0.6 is 22.6 Å². The van der Waals surface area contributed by atoms with Crippen LogP contribution in [0.15, 0.2) is 24.4 Å². The molecule has 0 spiro atoms. The first-order valence-corrected chi connectivity index (χ1v) is 4.95. The summed E-state index contributed by atoms with van der Waals surface area (Å²) in [5.41, 5.74) is 1.89. The molecule has 2 rings (SSSR count). The fraction of sp³-hybridized carbons (Fsp3) is 0.100. The van der Waals surface area contributed by atoms with Gasteiger partial charge in [-0.1, -0.05) is 0 Å². The molecule has 1 aromatic heterocycles. The molecule has 0 unspecified atom stereocenters. The summed E-state index contributed by atoms with van der Waals surface area (Å²) in [6, 6.07) is 7.90. The zero-order valence-corrected chi connectivity index (χ0v) is 9.24. The van der Waals surface area contributed by atoms with Crippen LogP contribution in [0.2, 0.25) is 0 Å². The van der Waals surface area contributed by atoms with Gasteiger partial charge in [0.25, 0.3) is 0 Å². The van der Waals surface area contributed by atoms with E-state index in [2.05, 4.69) is 39.4 Å². The molecule has 0 saturated carbocycles. The second kappa shape index (κ2) is 3.04. The third kappa shape index (κ3) is 1.31. The van der Waals surface area contributed by atoms with Crippen molar-refractivity contribution in [3.63, 3.8) is 0 Å². The number of nitriles is 1. The normalized spacial score (nSPS) is 10.2. The second-order valence-corrected chi connectivity index (χ2v) is 4.09. The van der Waals surface area contributed by atoms with Crippen LogP contribution in [0.3, 0.4) is 0 Å². The monoisotopic (exact) mass is 282 g/mol. The second-order valence-electron chi connectivity index (χ2n) is 2.93. The maximum atomic E-state index is 8.74. The molecular formula is C10H7IN2. The van der Waals surface area contributed by atoms with E-state index in [1.165, 1.54) is 9.09 Å². The molecule has 0 radical (unpaired) electrons. The Morgan fingerprint density at radius 1 is 1.46 bits per heavy atom. The standard InChI is InChI=1S/C10H7IN2/c1-13-6-9(11)8-4-7(5-12)2-3-10(8)13/h2-4,6H,1H3. The highest BCUT2D eigenvalue weighted by Gasteiger charge is 2.03. The van der Waals surface area contributed by atoms with Crippen molar-refractivity contribution in [3.05, 3.63) is 33.5 Å². The number of fused-ring (bicyclic) bond motifs is 1. The predicted molar refractivity (Wildman–Crippen MR) is 60.4 cm³/mol. The molecule has 0 saturated heterocycles. The molecule has 2 nitrogen and oxygen atoms in total. The lowest BCUT2D eigenvalue weighted by Crippen LogP contribution is -1.83. The number of rotatable bonds is 0. The van der Waals surface area contributed by atoms with Crippen LogP contribution in [-0.2, 0) is 7.05 Å². The lowest BCUT2D eigenvalue weighted by molar-refractivity contribution is 0.966. The zero-order valence-electron chi connectivity index (χ0n) is 7.08. The molecule has 0 N–H and O–H groups in total. The van der Waals surface area contributed by atoms with Crippen molar-refractivity contribution in [3.8, 4) is 6.07 Å². The van der Waals surface area contributed by atoms with Gasteiger partial charge in [-0.05, 0) is 40.8 Å². The molecule has 2 aromatic rings. The van der Waals surface area contributed by atoms with Crippen molar-refractivity contribution in [1.29, 1.82) is 5.26 Å². The summed E-state index contributed by atoms with van der Waals surface area (Å²) in [5.74, 6) is 0. The molecule has 0 amide bonds. The van der Waals surface area contributed by atoms with Crippen molar-refractivity contribution >= 4 is 33.5 Å². The third-order valence-electron chi connectivity index (χ3n) is 2.07. The summed E-state index contributed by atoms with van der Waals surface area (Å²) in [7, 11) is 2.01. The maximum Gasteiger partial charge on any atom is 0.0991 e. The van der Waals surface area contributed by atoms with Gasteiger partial charge in [0.05, 0.1) is 11.6 Å². The van der Waals surface area contributed by atoms with Crippen LogP contribution in [0.1, 0.15) is 5.56 Å². The number of aromatic nitrogens is 1. The van der Waals surface area contributed by atoms with Gasteiger partial charge in [0.2, 0.25) is 0 Å². The summed E-state index contributed by atoms with van der Waals surface area (Å²) in [6.07, 6.45) is 2.06. The SMILES string of the molecule is Cn1cc(I)c2cc(C#N)ccc21. The van der Waals surface area contributed by atoms with Gasteiger partial charge in [-0.15, -0.1) is 0 Å². The molecule has 0 aliphatic carbocycles. The van der Waals surface area contributed by atoms with Gasteiger partial charge in [0.15, 0.2) is 0 Å². The van der Waals surface area contributed by atoms with Gasteiger partial charge in [-0.3, -0.25) is 0 Å². The number of hydrogen-bond acceptors (Lipinski definition) is 1. The van der Waals surface area contributed by atoms with Crippen LogP contribution in [0, 0.1) is 14.9 Å². The number of nitrogens with zero attached hydrogens (tertiary/aromatic N) is 2. The van der Waals surface area contributed by atoms with Crippen molar-refractivity contribution in [1.82, 2.24) is 4.57 Å². The summed E-state index contributed by atoms with van der Waals surface area (Å²) in [6.45, 7) is 0. The van der Waals surface area contributed by atoms with E-state index in [9.17, 15) is 0 Å². The predicted octanol–water partition coefficient (Wildman–Crippen LogP) is 2.65. The van der Waals surface area contributed by atoms with Gasteiger partial charge in [0, 0.05) is 27.7 Å². The van der Waals surface area contributed by atoms with Crippen LogP contribution in [-0.4, -0.2) is 4.57 Å². The van der Waals surface area contributed by atoms with E-state index in [1.807, 2.05) is 25.2 Å². The van der Waals surface area contributed by atoms with E-state index in [1.54, 1.807) is 0 Å². The van der Waals surface area contributed by atoms with Crippen molar-refractivity contribution in [2.75, 3.05) is 0 Å². The fourth-order valence-electron chi connectivity index (χ4n) is 1.41. The highest BCUT2D eigenvalue weighted by atomic mass is 127. The summed E-state index contributed by atoms with van der Waals surface area (Å²) in [4.78, 5) is 0. The first-order valence-electron chi connectivity index (χ1n) is 3.87. The molecule has 0 fully saturated rings. The Kier molecular flexibility index (Phi) is 2.00. The van der Waals surface area contributed by atoms with Crippen LogP contribution in [0.5, 0.6) is 0 Å². The maximum absolute atomic E-state index is 8.74. The molecule has 0 aliphatic heterocycles. The topological polar surface area (TPSA) is 28.7 Å². The molecule has 64 valence electrons. The largest absolute Gasteiger partial charge is 0.349 e. The number of benzene rings is 1. The van der Waals surface area contributed by atoms with E-state index in [0.717, 1.165) is 10.9 Å². The number of aryl methyl sites for hydroxylation is 1. The van der Waals surface area contributed by atoms with Gasteiger partial charge in [0.1, 0.15) is 0 Å². The Balaban J connectivity index is 2.86. The Hall–Kier alpha value is -1.02. The van der Waals surface area contributed by atoms with Crippen molar-refractivity contribution < 1.29 is 0 Å². The van der Waals surface area contributed by atoms with E-state index >= 15 is 0 Å². The molecule has 0 atom stereocenters. The number of hydrogen-bond donors (Lipinski definition) is 0. The van der Waals surface area contributed by atoms with E-state index in [4.69, 9.17) is 5.26 Å². The summed E-state index contributed by atoms with van der Waals surface area (Å²) in [5, 5.41) is 9.89. The van der Waals surface area contributed by atoms with Gasteiger partial charge in [-0.2, -0.15) is 5.26 Å². The highest BCUT2D eigenvalue weighted by Crippen LogP contribution is 2.22. The van der Waals surface area contributed by atoms with E-state index in [0.29, 0.717) is 0 Å². The molecule has 0 bridgehead atoms. The summed E-state index contributed by atoms with van der Waals surface area (Å²) >= 11 is 2.28. The van der Waals surface area contributed by atoms with Crippen LogP contribution in [0.25, 0.3) is 10.9 Å². The fourth-order valence-corrected chi connectivity index (χ4v) is 2.26. The zero-order chi connectivity index (χ0) is 9.42. The lowest BCUT2D eigenvalue weighted by atomic mass is 10.2. The minimum absolute atomic E-state index is 0.719. The Morgan fingerprint density at radius 3 is 2.92 bits per heavy atom. The average molecular weight is 282 g/mol. The Bertz CT molecular complexity index is 505. The molecule has 3 heteroatoms. The van der Waals surface area contributed by atoms with E-state index in [-0.39, 0.29) is 0 Å². The van der Waals surface area contributed by atoms with Crippen LogP contribution < -0.4 is 0 Å². The van der Waals surface area contributed by atoms with Gasteiger partial charge < -0.3 is 4.57 Å². The lowest BCUT2D eigenvalue weighted by Gasteiger charge is -1.94. The molecule has 1 aromatic carbocycles. The van der Waals surface area contributed by atoms with Crippen LogP contribution in [0.4, 0.5) is 0 Å². The quantitative estimate of drug-likeness (QED) is 0.683. The molecule has 1 heterocycles. The number of halogens is 1. The average Bonchev–Trinajstić information content (AvgIpc) is 2.42. The first kappa shape index (κ1) is 8.57. The van der Waals surface area contributed by atoms with Crippen molar-refractivity contribution in [2.45, 2.75) is 0 Å². The van der Waals surface area contributed by atoms with Crippen molar-refractivity contribution in [2.24, 2.45) is 7.05 Å². The highest BCUT2D eigenvalue weighted by molar-refractivity contribution is 14.1. The van der Waals surface area contributed by atoms with E-state index < -0.39 is 0 Å². The summed E-state index contributed by atoms with van der Waals surface area (Å²) < 4.78 is 3.25. The van der Waals surface area contributed by atoms with Gasteiger partial charge >= 0.3 is 0 Å². The Morgan fingerprint density at radius 2 is 2.23 bits per heavy atom.